The molecule has 1 aliphatic heterocycles. The van der Waals surface area contributed by atoms with Crippen molar-refractivity contribution in [3.63, 3.8) is 0 Å². The summed E-state index contributed by atoms with van der Waals surface area (Å²) in [5.41, 5.74) is 5.02. The zero-order valence-corrected chi connectivity index (χ0v) is 16.8. The Hall–Kier alpha value is -2.65. The lowest BCUT2D eigenvalue weighted by Gasteiger charge is -2.35. The van der Waals surface area contributed by atoms with Crippen LogP contribution in [0.25, 0.3) is 0 Å². The van der Waals surface area contributed by atoms with E-state index < -0.39 is 0 Å². The Labute approximate surface area is 167 Å². The van der Waals surface area contributed by atoms with Crippen molar-refractivity contribution < 1.29 is 0 Å². The number of hydrogen-bond donors (Lipinski definition) is 2. The summed E-state index contributed by atoms with van der Waals surface area (Å²) < 4.78 is 0. The van der Waals surface area contributed by atoms with E-state index in [1.807, 2.05) is 32.2 Å². The van der Waals surface area contributed by atoms with Crippen LogP contribution in [-0.2, 0) is 12.8 Å². The summed E-state index contributed by atoms with van der Waals surface area (Å²) in [5.74, 6) is 1.73. The standard InChI is InChI=1S/C22H28N6/c1-15-9-10-17(12-16(15)13-23)25-22-26-20-8-4-3-7-19(20)21(27-22)28-11-5-6-18(14-28)24-2/h9-10,12,18,24H,3-8,11,14H2,1-2H3,(H,25,26,27)/t18-/m1/s1. The fourth-order valence-corrected chi connectivity index (χ4v) is 4.25. The van der Waals surface area contributed by atoms with Crippen LogP contribution in [0.5, 0.6) is 0 Å². The normalized spacial score (nSPS) is 19.0. The van der Waals surface area contributed by atoms with Gasteiger partial charge in [-0.2, -0.15) is 10.2 Å². The highest BCUT2D eigenvalue weighted by Crippen LogP contribution is 2.31. The molecule has 28 heavy (non-hydrogen) atoms. The van der Waals surface area contributed by atoms with E-state index in [-0.39, 0.29) is 0 Å². The molecule has 6 nitrogen and oxygen atoms in total. The van der Waals surface area contributed by atoms with Gasteiger partial charge in [0.1, 0.15) is 5.82 Å². The Morgan fingerprint density at radius 3 is 2.86 bits per heavy atom. The third kappa shape index (κ3) is 3.81. The molecule has 0 bridgehead atoms. The molecule has 146 valence electrons. The molecule has 1 aromatic carbocycles. The fourth-order valence-electron chi connectivity index (χ4n) is 4.25. The fraction of sp³-hybridized carbons (Fsp3) is 0.500. The van der Waals surface area contributed by atoms with E-state index in [0.717, 1.165) is 43.0 Å². The van der Waals surface area contributed by atoms with E-state index in [0.29, 0.717) is 17.6 Å². The largest absolute Gasteiger partial charge is 0.355 e. The Balaban J connectivity index is 1.68. The first-order chi connectivity index (χ1) is 13.7. The Bertz CT molecular complexity index is 901. The number of fused-ring (bicyclic) bond motifs is 1. The molecule has 2 aliphatic rings. The van der Waals surface area contributed by atoms with E-state index in [1.165, 1.54) is 36.9 Å². The monoisotopic (exact) mass is 376 g/mol. The molecule has 1 aliphatic carbocycles. The summed E-state index contributed by atoms with van der Waals surface area (Å²) in [6.07, 6.45) is 6.87. The molecule has 1 aromatic heterocycles. The maximum Gasteiger partial charge on any atom is 0.229 e. The van der Waals surface area contributed by atoms with Gasteiger partial charge in [0.25, 0.3) is 0 Å². The lowest BCUT2D eigenvalue weighted by atomic mass is 9.95. The minimum atomic E-state index is 0.509. The van der Waals surface area contributed by atoms with Crippen LogP contribution in [0.1, 0.15) is 48.1 Å². The first-order valence-corrected chi connectivity index (χ1v) is 10.3. The molecule has 0 unspecified atom stereocenters. The number of aryl methyl sites for hydroxylation is 2. The predicted molar refractivity (Wildman–Crippen MR) is 112 cm³/mol. The van der Waals surface area contributed by atoms with E-state index >= 15 is 0 Å². The molecule has 0 amide bonds. The molecule has 1 fully saturated rings. The number of rotatable bonds is 4. The molecule has 2 heterocycles. The highest BCUT2D eigenvalue weighted by atomic mass is 15.2. The minimum absolute atomic E-state index is 0.509. The molecule has 0 saturated carbocycles. The highest BCUT2D eigenvalue weighted by Gasteiger charge is 2.25. The van der Waals surface area contributed by atoms with Crippen LogP contribution >= 0.6 is 0 Å². The van der Waals surface area contributed by atoms with E-state index in [1.54, 1.807) is 0 Å². The zero-order valence-electron chi connectivity index (χ0n) is 16.8. The van der Waals surface area contributed by atoms with Crippen molar-refractivity contribution >= 4 is 17.5 Å². The second kappa shape index (κ2) is 8.15. The van der Waals surface area contributed by atoms with Crippen LogP contribution in [-0.4, -0.2) is 36.1 Å². The average molecular weight is 377 g/mol. The summed E-state index contributed by atoms with van der Waals surface area (Å²) in [4.78, 5) is 12.2. The van der Waals surface area contributed by atoms with Crippen molar-refractivity contribution in [3.05, 3.63) is 40.6 Å². The Kier molecular flexibility index (Phi) is 5.45. The number of nitriles is 1. The molecular weight excluding hydrogens is 348 g/mol. The number of nitrogens with one attached hydrogen (secondary N) is 2. The SMILES string of the molecule is CN[C@@H]1CCCN(c2nc(Nc3ccc(C)c(C#N)c3)nc3c2CCCC3)C1. The first-order valence-electron chi connectivity index (χ1n) is 10.3. The molecule has 0 spiro atoms. The van der Waals surface area contributed by atoms with Gasteiger partial charge < -0.3 is 15.5 Å². The maximum atomic E-state index is 9.31. The van der Waals surface area contributed by atoms with Crippen LogP contribution in [0.3, 0.4) is 0 Å². The molecular formula is C22H28N6. The third-order valence-corrected chi connectivity index (χ3v) is 5.90. The lowest BCUT2D eigenvalue weighted by Crippen LogP contribution is -2.45. The van der Waals surface area contributed by atoms with Crippen molar-refractivity contribution in [2.75, 3.05) is 30.4 Å². The summed E-state index contributed by atoms with van der Waals surface area (Å²) in [7, 11) is 2.04. The number of anilines is 3. The van der Waals surface area contributed by atoms with Crippen LogP contribution in [0.4, 0.5) is 17.5 Å². The quantitative estimate of drug-likeness (QED) is 0.851. The van der Waals surface area contributed by atoms with Gasteiger partial charge in [0.05, 0.1) is 17.3 Å². The van der Waals surface area contributed by atoms with Gasteiger partial charge in [-0.3, -0.25) is 0 Å². The van der Waals surface area contributed by atoms with E-state index in [9.17, 15) is 5.26 Å². The van der Waals surface area contributed by atoms with Crippen molar-refractivity contribution in [1.29, 1.82) is 5.26 Å². The van der Waals surface area contributed by atoms with Gasteiger partial charge in [-0.25, -0.2) is 4.98 Å². The van der Waals surface area contributed by atoms with Gasteiger partial charge in [-0.15, -0.1) is 0 Å². The topological polar surface area (TPSA) is 76.9 Å². The van der Waals surface area contributed by atoms with Gasteiger partial charge in [-0.1, -0.05) is 6.07 Å². The zero-order chi connectivity index (χ0) is 19.5. The predicted octanol–water partition coefficient (Wildman–Crippen LogP) is 3.47. The molecule has 6 heteroatoms. The van der Waals surface area contributed by atoms with Crippen molar-refractivity contribution in [2.45, 2.75) is 51.5 Å². The van der Waals surface area contributed by atoms with Crippen LogP contribution in [0.2, 0.25) is 0 Å². The van der Waals surface area contributed by atoms with Gasteiger partial charge in [-0.05, 0) is 70.2 Å². The number of piperidine rings is 1. The number of benzene rings is 1. The molecule has 2 aromatic rings. The summed E-state index contributed by atoms with van der Waals surface area (Å²) in [5, 5.41) is 16.1. The number of nitrogens with zero attached hydrogens (tertiary/aromatic N) is 4. The number of hydrogen-bond acceptors (Lipinski definition) is 6. The van der Waals surface area contributed by atoms with Gasteiger partial charge in [0.2, 0.25) is 5.95 Å². The number of aromatic nitrogens is 2. The smallest absolute Gasteiger partial charge is 0.229 e. The van der Waals surface area contributed by atoms with Crippen LogP contribution in [0.15, 0.2) is 18.2 Å². The minimum Gasteiger partial charge on any atom is -0.355 e. The Morgan fingerprint density at radius 2 is 2.04 bits per heavy atom. The second-order valence-electron chi connectivity index (χ2n) is 7.84. The van der Waals surface area contributed by atoms with Crippen molar-refractivity contribution in [3.8, 4) is 6.07 Å². The summed E-state index contributed by atoms with van der Waals surface area (Å²) >= 11 is 0. The summed E-state index contributed by atoms with van der Waals surface area (Å²) in [6, 6.07) is 8.57. The molecule has 1 saturated heterocycles. The van der Waals surface area contributed by atoms with Crippen molar-refractivity contribution in [2.24, 2.45) is 0 Å². The van der Waals surface area contributed by atoms with Crippen molar-refractivity contribution in [1.82, 2.24) is 15.3 Å². The van der Waals surface area contributed by atoms with Crippen LogP contribution in [0, 0.1) is 18.3 Å². The highest BCUT2D eigenvalue weighted by molar-refractivity contribution is 5.61. The van der Waals surface area contributed by atoms with E-state index in [4.69, 9.17) is 9.97 Å². The molecule has 1 atom stereocenters. The average Bonchev–Trinajstić information content (AvgIpc) is 2.74. The third-order valence-electron chi connectivity index (χ3n) is 5.90. The van der Waals surface area contributed by atoms with Gasteiger partial charge in [0.15, 0.2) is 0 Å². The van der Waals surface area contributed by atoms with Crippen LogP contribution < -0.4 is 15.5 Å². The molecule has 2 N–H and O–H groups in total. The van der Waals surface area contributed by atoms with E-state index in [2.05, 4.69) is 21.6 Å². The van der Waals surface area contributed by atoms with Gasteiger partial charge in [0, 0.05) is 30.4 Å². The van der Waals surface area contributed by atoms with Gasteiger partial charge >= 0.3 is 0 Å². The molecule has 0 radical (unpaired) electrons. The lowest BCUT2D eigenvalue weighted by molar-refractivity contribution is 0.446. The number of likely N-dealkylation sites (N-methyl/N-ethyl adjacent to an activating group) is 1. The Morgan fingerprint density at radius 1 is 1.18 bits per heavy atom. The summed E-state index contributed by atoms with van der Waals surface area (Å²) in [6.45, 7) is 3.98. The first kappa shape index (κ1) is 18.7. The maximum absolute atomic E-state index is 9.31. The molecule has 4 rings (SSSR count). The second-order valence-corrected chi connectivity index (χ2v) is 7.84.